The second kappa shape index (κ2) is 12.9. The van der Waals surface area contributed by atoms with E-state index in [9.17, 15) is 19.5 Å². The summed E-state index contributed by atoms with van der Waals surface area (Å²) >= 11 is 0. The van der Waals surface area contributed by atoms with E-state index in [2.05, 4.69) is 20.5 Å². The van der Waals surface area contributed by atoms with E-state index in [1.807, 2.05) is 65.6 Å². The van der Waals surface area contributed by atoms with E-state index >= 15 is 0 Å². The van der Waals surface area contributed by atoms with Crippen LogP contribution in [0.5, 0.6) is 0 Å². The maximum absolute atomic E-state index is 13.2. The Balaban J connectivity index is 1.33. The van der Waals surface area contributed by atoms with Crippen LogP contribution in [-0.2, 0) is 4.79 Å². The highest BCUT2D eigenvalue weighted by Crippen LogP contribution is 2.32. The lowest BCUT2D eigenvalue weighted by Crippen LogP contribution is -2.36. The smallest absolute Gasteiger partial charge is 0.325 e. The first-order chi connectivity index (χ1) is 21.0. The number of pyridine rings is 1. The number of piperidine rings is 1. The second-order valence-electron chi connectivity index (χ2n) is 12.0. The number of rotatable bonds is 8. The number of amides is 3. The molecule has 10 nitrogen and oxygen atoms in total. The van der Waals surface area contributed by atoms with E-state index in [0.717, 1.165) is 48.2 Å². The van der Waals surface area contributed by atoms with Crippen LogP contribution in [0.1, 0.15) is 61.9 Å². The lowest BCUT2D eigenvalue weighted by atomic mass is 9.89. The molecule has 5 rings (SSSR count). The first kappa shape index (κ1) is 30.7. The summed E-state index contributed by atoms with van der Waals surface area (Å²) in [5, 5.41) is 17.0. The van der Waals surface area contributed by atoms with Crippen molar-refractivity contribution in [3.05, 3.63) is 84.2 Å². The molecule has 0 aliphatic carbocycles. The molecule has 10 heteroatoms. The number of nitrogens with zero attached hydrogens (tertiary/aromatic N) is 4. The fourth-order valence-corrected chi connectivity index (χ4v) is 5.67. The minimum atomic E-state index is -0.883. The van der Waals surface area contributed by atoms with Crippen molar-refractivity contribution in [1.29, 1.82) is 0 Å². The Morgan fingerprint density at radius 1 is 1.00 bits per heavy atom. The topological polar surface area (TPSA) is 120 Å². The van der Waals surface area contributed by atoms with Gasteiger partial charge in [0, 0.05) is 74.4 Å². The predicted molar refractivity (Wildman–Crippen MR) is 173 cm³/mol. The number of aliphatic hydroxyl groups is 1. The molecule has 3 heterocycles. The van der Waals surface area contributed by atoms with Gasteiger partial charge in [-0.2, -0.15) is 0 Å². The fraction of sp³-hybridized carbons (Fsp3) is 0.353. The molecule has 44 heavy (non-hydrogen) atoms. The van der Waals surface area contributed by atoms with E-state index < -0.39 is 5.60 Å². The van der Waals surface area contributed by atoms with Gasteiger partial charge in [-0.3, -0.25) is 14.2 Å². The largest absolute Gasteiger partial charge is 0.390 e. The molecule has 230 valence electrons. The Hall–Kier alpha value is -4.70. The van der Waals surface area contributed by atoms with Gasteiger partial charge in [0.1, 0.15) is 5.82 Å². The molecule has 1 saturated heterocycles. The number of hydrogen-bond donors (Lipinski definition) is 3. The van der Waals surface area contributed by atoms with Crippen molar-refractivity contribution in [2.24, 2.45) is 0 Å². The molecule has 0 spiro atoms. The minimum Gasteiger partial charge on any atom is -0.390 e. The molecular weight excluding hydrogens is 556 g/mol. The maximum atomic E-state index is 13.2. The zero-order valence-electron chi connectivity index (χ0n) is 25.7. The van der Waals surface area contributed by atoms with Crippen LogP contribution in [0.25, 0.3) is 10.9 Å². The van der Waals surface area contributed by atoms with Gasteiger partial charge < -0.3 is 25.5 Å². The molecule has 0 unspecified atom stereocenters. The summed E-state index contributed by atoms with van der Waals surface area (Å²) in [5.41, 5.74) is 3.29. The quantitative estimate of drug-likeness (QED) is 0.247. The normalized spacial score (nSPS) is 14.0. The van der Waals surface area contributed by atoms with Crippen LogP contribution in [0.4, 0.5) is 22.0 Å². The summed E-state index contributed by atoms with van der Waals surface area (Å²) in [7, 11) is 1.60. The van der Waals surface area contributed by atoms with Gasteiger partial charge in [-0.25, -0.2) is 9.78 Å². The van der Waals surface area contributed by atoms with Crippen molar-refractivity contribution in [2.45, 2.75) is 51.6 Å². The van der Waals surface area contributed by atoms with E-state index in [1.165, 1.54) is 5.56 Å². The number of anilines is 3. The van der Waals surface area contributed by atoms with Gasteiger partial charge in [-0.15, -0.1) is 0 Å². The van der Waals surface area contributed by atoms with E-state index in [-0.39, 0.29) is 17.8 Å². The van der Waals surface area contributed by atoms with Crippen molar-refractivity contribution >= 4 is 45.9 Å². The van der Waals surface area contributed by atoms with Gasteiger partial charge in [-0.05, 0) is 87.1 Å². The molecule has 0 radical (unpaired) electrons. The van der Waals surface area contributed by atoms with Gasteiger partial charge in [0.2, 0.25) is 5.91 Å². The van der Waals surface area contributed by atoms with Crippen molar-refractivity contribution in [3.8, 4) is 0 Å². The van der Waals surface area contributed by atoms with Gasteiger partial charge in [0.05, 0.1) is 11.1 Å². The van der Waals surface area contributed by atoms with Gasteiger partial charge >= 0.3 is 6.03 Å². The lowest BCUT2D eigenvalue weighted by molar-refractivity contribution is -0.129. The third kappa shape index (κ3) is 7.08. The van der Waals surface area contributed by atoms with Crippen LogP contribution in [0.2, 0.25) is 0 Å². The van der Waals surface area contributed by atoms with Crippen LogP contribution in [0.3, 0.4) is 0 Å². The first-order valence-electron chi connectivity index (χ1n) is 15.0. The van der Waals surface area contributed by atoms with Crippen LogP contribution in [0.15, 0.2) is 73.1 Å². The third-order valence-corrected chi connectivity index (χ3v) is 8.25. The van der Waals surface area contributed by atoms with E-state index in [1.54, 1.807) is 44.8 Å². The summed E-state index contributed by atoms with van der Waals surface area (Å²) in [6.07, 6.45) is 5.71. The van der Waals surface area contributed by atoms with Gasteiger partial charge in [-0.1, -0.05) is 12.1 Å². The Kier molecular flexibility index (Phi) is 9.01. The molecule has 4 aromatic rings. The summed E-state index contributed by atoms with van der Waals surface area (Å²) in [6.45, 7) is 7.18. The number of carbonyl (C=O) groups is 3. The van der Waals surface area contributed by atoms with Crippen molar-refractivity contribution in [3.63, 3.8) is 0 Å². The highest BCUT2D eigenvalue weighted by Gasteiger charge is 2.23. The number of hydrogen-bond acceptors (Lipinski definition) is 6. The van der Waals surface area contributed by atoms with Crippen LogP contribution >= 0.6 is 0 Å². The average molecular weight is 597 g/mol. The minimum absolute atomic E-state index is 0.118. The Morgan fingerprint density at radius 3 is 2.36 bits per heavy atom. The first-order valence-corrected chi connectivity index (χ1v) is 15.0. The number of likely N-dealkylation sites (tertiary alicyclic amines) is 1. The maximum Gasteiger partial charge on any atom is 0.325 e. The molecular formula is C34H40N6O4. The molecule has 0 bridgehead atoms. The van der Waals surface area contributed by atoms with Crippen molar-refractivity contribution < 1.29 is 19.5 Å². The number of nitrogens with one attached hydrogen (secondary N) is 2. The molecule has 3 N–H and O–H groups in total. The standard InChI is InChI=1S/C34H40N6O4/c1-23(41)38-17-12-25(13-18-38)24-5-7-26(8-6-24)32(42)37-31-22-29(11-16-36-31)39(20-15-34(2,3)44)28-9-10-30-27(21-28)14-19-40(30)33(43)35-4/h5-11,14,16,19,21-22,25,44H,12-13,15,17-18,20H2,1-4H3,(H,35,43)(H,36,37,42). The Bertz CT molecular complexity index is 1650. The van der Waals surface area contributed by atoms with Crippen molar-refractivity contribution in [2.75, 3.05) is 36.9 Å². The molecule has 1 aliphatic heterocycles. The summed E-state index contributed by atoms with van der Waals surface area (Å²) in [6, 6.07) is 18.9. The summed E-state index contributed by atoms with van der Waals surface area (Å²) < 4.78 is 1.56. The number of aromatic nitrogens is 2. The SMILES string of the molecule is CNC(=O)n1ccc2cc(N(CCC(C)(C)O)c3ccnc(NC(=O)c4ccc(C5CCN(C(C)=O)CC5)cc4)c3)ccc21. The fourth-order valence-electron chi connectivity index (χ4n) is 5.67. The van der Waals surface area contributed by atoms with Crippen LogP contribution in [0, 0.1) is 0 Å². The van der Waals surface area contributed by atoms with Crippen LogP contribution < -0.4 is 15.5 Å². The molecule has 1 fully saturated rings. The Labute approximate surface area is 257 Å². The molecule has 3 amide bonds. The second-order valence-corrected chi connectivity index (χ2v) is 12.0. The van der Waals surface area contributed by atoms with Gasteiger partial charge in [0.15, 0.2) is 0 Å². The molecule has 1 aliphatic rings. The van der Waals surface area contributed by atoms with Gasteiger partial charge in [0.25, 0.3) is 5.91 Å². The molecule has 2 aromatic carbocycles. The predicted octanol–water partition coefficient (Wildman–Crippen LogP) is 5.50. The lowest BCUT2D eigenvalue weighted by Gasteiger charge is -2.31. The monoisotopic (exact) mass is 596 g/mol. The molecule has 2 aromatic heterocycles. The third-order valence-electron chi connectivity index (χ3n) is 8.25. The summed E-state index contributed by atoms with van der Waals surface area (Å²) in [5.74, 6) is 0.644. The number of benzene rings is 2. The van der Waals surface area contributed by atoms with Crippen molar-refractivity contribution in [1.82, 2.24) is 19.8 Å². The zero-order valence-corrected chi connectivity index (χ0v) is 25.7. The number of carbonyl (C=O) groups excluding carboxylic acids is 3. The molecule has 0 atom stereocenters. The molecule has 0 saturated carbocycles. The highest BCUT2D eigenvalue weighted by atomic mass is 16.3. The van der Waals surface area contributed by atoms with Crippen LogP contribution in [-0.4, -0.2) is 69.7 Å². The van der Waals surface area contributed by atoms with E-state index in [0.29, 0.717) is 30.3 Å². The summed E-state index contributed by atoms with van der Waals surface area (Å²) in [4.78, 5) is 45.4. The Morgan fingerprint density at radius 2 is 1.70 bits per heavy atom. The van der Waals surface area contributed by atoms with E-state index in [4.69, 9.17) is 0 Å². The number of fused-ring (bicyclic) bond motifs is 1. The zero-order chi connectivity index (χ0) is 31.4. The highest BCUT2D eigenvalue weighted by molar-refractivity contribution is 6.04. The average Bonchev–Trinajstić information content (AvgIpc) is 3.44.